The van der Waals surface area contributed by atoms with Gasteiger partial charge in [0.15, 0.2) is 0 Å². The van der Waals surface area contributed by atoms with E-state index in [0.29, 0.717) is 5.56 Å². The molecule has 3 heteroatoms. The number of hydrogen-bond acceptors (Lipinski definition) is 2. The average molecular weight is 287 g/mol. The molecule has 2 aromatic rings. The molecule has 3 nitrogen and oxygen atoms in total. The van der Waals surface area contributed by atoms with E-state index in [1.807, 2.05) is 24.3 Å². The Morgan fingerprint density at radius 2 is 1.90 bits per heavy atom. The predicted molar refractivity (Wildman–Crippen MR) is 86.5 cm³/mol. The molecular formula is C18H25NO2. The van der Waals surface area contributed by atoms with Crippen LogP contribution in [0.5, 0.6) is 0 Å². The molecule has 0 fully saturated rings. The van der Waals surface area contributed by atoms with Crippen LogP contribution in [0.3, 0.4) is 0 Å². The second kappa shape index (κ2) is 7.30. The zero-order chi connectivity index (χ0) is 15.2. The van der Waals surface area contributed by atoms with Crippen LogP contribution in [0.2, 0.25) is 0 Å². The van der Waals surface area contributed by atoms with Gasteiger partial charge in [-0.3, -0.25) is 4.79 Å². The van der Waals surface area contributed by atoms with Gasteiger partial charge in [0, 0.05) is 11.3 Å². The van der Waals surface area contributed by atoms with Crippen LogP contribution in [0.15, 0.2) is 28.7 Å². The molecule has 1 aromatic heterocycles. The van der Waals surface area contributed by atoms with Crippen molar-refractivity contribution in [2.75, 3.05) is 0 Å². The monoisotopic (exact) mass is 287 g/mol. The predicted octanol–water partition coefficient (Wildman–Crippen LogP) is 5.00. The van der Waals surface area contributed by atoms with E-state index in [1.54, 1.807) is 0 Å². The first-order valence-electron chi connectivity index (χ1n) is 7.96. The van der Waals surface area contributed by atoms with Crippen LogP contribution in [0.1, 0.15) is 74.4 Å². The summed E-state index contributed by atoms with van der Waals surface area (Å²) >= 11 is 0. The van der Waals surface area contributed by atoms with Gasteiger partial charge in [-0.2, -0.15) is 0 Å². The quantitative estimate of drug-likeness (QED) is 0.695. The van der Waals surface area contributed by atoms with E-state index in [4.69, 9.17) is 10.2 Å². The fraction of sp³-hybridized carbons (Fsp3) is 0.500. The van der Waals surface area contributed by atoms with Gasteiger partial charge in [-0.05, 0) is 12.5 Å². The van der Waals surface area contributed by atoms with Crippen molar-refractivity contribution >= 4 is 16.9 Å². The van der Waals surface area contributed by atoms with Gasteiger partial charge >= 0.3 is 0 Å². The molecule has 0 spiro atoms. The summed E-state index contributed by atoms with van der Waals surface area (Å²) in [5.74, 6) is 0.577. The van der Waals surface area contributed by atoms with Crippen molar-refractivity contribution in [2.24, 2.45) is 5.73 Å². The average Bonchev–Trinajstić information content (AvgIpc) is 2.86. The third kappa shape index (κ3) is 3.66. The molecule has 0 bridgehead atoms. The summed E-state index contributed by atoms with van der Waals surface area (Å²) in [6, 6.07) is 7.61. The van der Waals surface area contributed by atoms with Crippen molar-refractivity contribution < 1.29 is 9.21 Å². The summed E-state index contributed by atoms with van der Waals surface area (Å²) in [5.41, 5.74) is 6.87. The SMILES string of the molecule is CCCCCCCC(C)c1oc2ccccc2c1C(N)=O. The highest BCUT2D eigenvalue weighted by Crippen LogP contribution is 2.33. The van der Waals surface area contributed by atoms with Crippen LogP contribution in [0, 0.1) is 0 Å². The fourth-order valence-corrected chi connectivity index (χ4v) is 2.85. The van der Waals surface area contributed by atoms with E-state index < -0.39 is 5.91 Å². The summed E-state index contributed by atoms with van der Waals surface area (Å²) in [6.45, 7) is 4.33. The smallest absolute Gasteiger partial charge is 0.252 e. The summed E-state index contributed by atoms with van der Waals surface area (Å²) in [4.78, 5) is 11.8. The number of carbonyl (C=O) groups excluding carboxylic acids is 1. The maximum atomic E-state index is 11.8. The Kier molecular flexibility index (Phi) is 5.43. The van der Waals surface area contributed by atoms with Crippen molar-refractivity contribution in [2.45, 2.75) is 58.3 Å². The maximum absolute atomic E-state index is 11.8. The molecule has 1 unspecified atom stereocenters. The van der Waals surface area contributed by atoms with Gasteiger partial charge in [-0.1, -0.05) is 64.2 Å². The number of fused-ring (bicyclic) bond motifs is 1. The number of rotatable bonds is 8. The Hall–Kier alpha value is -1.77. The lowest BCUT2D eigenvalue weighted by Gasteiger charge is -2.10. The Balaban J connectivity index is 2.13. The number of furan rings is 1. The molecule has 0 radical (unpaired) electrons. The number of benzene rings is 1. The minimum Gasteiger partial charge on any atom is -0.460 e. The number of unbranched alkanes of at least 4 members (excludes halogenated alkanes) is 4. The number of nitrogens with two attached hydrogens (primary N) is 1. The Labute approximate surface area is 126 Å². The fourth-order valence-electron chi connectivity index (χ4n) is 2.85. The first kappa shape index (κ1) is 15.6. The first-order chi connectivity index (χ1) is 10.1. The van der Waals surface area contributed by atoms with Crippen LogP contribution in [0.25, 0.3) is 11.0 Å². The highest BCUT2D eigenvalue weighted by Gasteiger charge is 2.22. The van der Waals surface area contributed by atoms with Gasteiger partial charge in [0.25, 0.3) is 5.91 Å². The van der Waals surface area contributed by atoms with Crippen molar-refractivity contribution in [1.82, 2.24) is 0 Å². The van der Waals surface area contributed by atoms with E-state index in [0.717, 1.165) is 29.6 Å². The molecule has 0 aliphatic rings. The van der Waals surface area contributed by atoms with Gasteiger partial charge in [0.1, 0.15) is 11.3 Å². The second-order valence-corrected chi connectivity index (χ2v) is 5.81. The molecule has 1 atom stereocenters. The van der Waals surface area contributed by atoms with Gasteiger partial charge in [-0.25, -0.2) is 0 Å². The molecule has 21 heavy (non-hydrogen) atoms. The summed E-state index contributed by atoms with van der Waals surface area (Å²) in [5, 5.41) is 0.831. The third-order valence-corrected chi connectivity index (χ3v) is 4.06. The molecule has 0 aliphatic carbocycles. The lowest BCUT2D eigenvalue weighted by molar-refractivity contribution is 0.0999. The molecule has 0 aliphatic heterocycles. The van der Waals surface area contributed by atoms with Crippen LogP contribution >= 0.6 is 0 Å². The summed E-state index contributed by atoms with van der Waals surface area (Å²) in [7, 11) is 0. The van der Waals surface area contributed by atoms with Crippen LogP contribution in [-0.2, 0) is 0 Å². The number of para-hydroxylation sites is 1. The highest BCUT2D eigenvalue weighted by molar-refractivity contribution is 6.06. The molecular weight excluding hydrogens is 262 g/mol. The Morgan fingerprint density at radius 3 is 2.62 bits per heavy atom. The lowest BCUT2D eigenvalue weighted by Crippen LogP contribution is -2.13. The van der Waals surface area contributed by atoms with Crippen molar-refractivity contribution in [1.29, 1.82) is 0 Å². The number of amides is 1. The van der Waals surface area contributed by atoms with E-state index in [-0.39, 0.29) is 5.92 Å². The molecule has 1 aromatic carbocycles. The molecule has 114 valence electrons. The summed E-state index contributed by atoms with van der Waals surface area (Å²) in [6.07, 6.45) is 7.27. The van der Waals surface area contributed by atoms with E-state index in [2.05, 4.69) is 13.8 Å². The van der Waals surface area contributed by atoms with Crippen LogP contribution in [-0.4, -0.2) is 5.91 Å². The zero-order valence-corrected chi connectivity index (χ0v) is 13.0. The summed E-state index contributed by atoms with van der Waals surface area (Å²) < 4.78 is 5.90. The third-order valence-electron chi connectivity index (χ3n) is 4.06. The van der Waals surface area contributed by atoms with Gasteiger partial charge in [-0.15, -0.1) is 0 Å². The van der Waals surface area contributed by atoms with Gasteiger partial charge in [0.2, 0.25) is 0 Å². The highest BCUT2D eigenvalue weighted by atomic mass is 16.3. The minimum atomic E-state index is -0.396. The molecule has 2 rings (SSSR count). The second-order valence-electron chi connectivity index (χ2n) is 5.81. The van der Waals surface area contributed by atoms with Gasteiger partial charge in [0.05, 0.1) is 5.56 Å². The standard InChI is InChI=1S/C18H25NO2/c1-3-4-5-6-7-10-13(2)17-16(18(19)20)14-11-8-9-12-15(14)21-17/h8-9,11-13H,3-7,10H2,1-2H3,(H2,19,20). The van der Waals surface area contributed by atoms with Crippen LogP contribution in [0.4, 0.5) is 0 Å². The lowest BCUT2D eigenvalue weighted by atomic mass is 9.96. The normalized spacial score (nSPS) is 12.7. The number of carbonyl (C=O) groups is 1. The van der Waals surface area contributed by atoms with E-state index >= 15 is 0 Å². The topological polar surface area (TPSA) is 56.2 Å². The van der Waals surface area contributed by atoms with Crippen molar-refractivity contribution in [3.05, 3.63) is 35.6 Å². The van der Waals surface area contributed by atoms with Crippen molar-refractivity contribution in [3.63, 3.8) is 0 Å². The molecule has 1 amide bonds. The Bertz CT molecular complexity index is 600. The first-order valence-corrected chi connectivity index (χ1v) is 7.96. The number of hydrogen-bond donors (Lipinski definition) is 1. The van der Waals surface area contributed by atoms with Gasteiger partial charge < -0.3 is 10.2 Å². The van der Waals surface area contributed by atoms with Crippen LogP contribution < -0.4 is 5.73 Å². The molecule has 0 saturated carbocycles. The molecule has 0 saturated heterocycles. The van der Waals surface area contributed by atoms with E-state index in [1.165, 1.54) is 25.7 Å². The maximum Gasteiger partial charge on any atom is 0.252 e. The minimum absolute atomic E-state index is 0.224. The zero-order valence-electron chi connectivity index (χ0n) is 13.0. The largest absolute Gasteiger partial charge is 0.460 e. The van der Waals surface area contributed by atoms with Crippen molar-refractivity contribution in [3.8, 4) is 0 Å². The molecule has 2 N–H and O–H groups in total. The molecule has 1 heterocycles. The number of primary amides is 1. The Morgan fingerprint density at radius 1 is 1.19 bits per heavy atom. The van der Waals surface area contributed by atoms with E-state index in [9.17, 15) is 4.79 Å².